The molecule has 1 heterocycles. The molecule has 21 heavy (non-hydrogen) atoms. The smallest absolute Gasteiger partial charge is 0.276 e. The lowest BCUT2D eigenvalue weighted by molar-refractivity contribution is 0.102. The molecule has 3 aromatic rings. The average Bonchev–Trinajstić information content (AvgIpc) is 2.91. The van der Waals surface area contributed by atoms with Gasteiger partial charge >= 0.3 is 0 Å². The van der Waals surface area contributed by atoms with Crippen molar-refractivity contribution in [2.45, 2.75) is 0 Å². The second-order valence-electron chi connectivity index (χ2n) is 4.42. The maximum Gasteiger partial charge on any atom is 0.276 e. The predicted molar refractivity (Wildman–Crippen MR) is 84.7 cm³/mol. The van der Waals surface area contributed by atoms with Crippen molar-refractivity contribution in [2.24, 2.45) is 0 Å². The molecule has 2 N–H and O–H groups in total. The van der Waals surface area contributed by atoms with Crippen LogP contribution in [0.25, 0.3) is 10.9 Å². The molecule has 0 spiro atoms. The van der Waals surface area contributed by atoms with Crippen molar-refractivity contribution in [1.82, 2.24) is 10.2 Å². The molecule has 0 fully saturated rings. The number of rotatable bonds is 3. The van der Waals surface area contributed by atoms with Crippen LogP contribution in [0.4, 0.5) is 5.69 Å². The molecular weight excluding hydrogens is 334 g/mol. The van der Waals surface area contributed by atoms with E-state index >= 15 is 0 Å². The largest absolute Gasteiger partial charge is 0.495 e. The van der Waals surface area contributed by atoms with Crippen LogP contribution in [-0.4, -0.2) is 23.2 Å². The van der Waals surface area contributed by atoms with Gasteiger partial charge in [-0.05, 0) is 24.3 Å². The second kappa shape index (κ2) is 5.57. The first-order valence-electron chi connectivity index (χ1n) is 6.27. The van der Waals surface area contributed by atoms with E-state index in [9.17, 15) is 4.79 Å². The zero-order chi connectivity index (χ0) is 14.8. The quantitative estimate of drug-likeness (QED) is 0.762. The van der Waals surface area contributed by atoms with E-state index < -0.39 is 0 Å². The van der Waals surface area contributed by atoms with Gasteiger partial charge in [-0.1, -0.05) is 34.1 Å². The summed E-state index contributed by atoms with van der Waals surface area (Å²) in [6.07, 6.45) is 0. The van der Waals surface area contributed by atoms with Crippen LogP contribution in [0.2, 0.25) is 0 Å². The molecule has 6 heteroatoms. The van der Waals surface area contributed by atoms with Crippen LogP contribution in [0, 0.1) is 0 Å². The number of aromatic nitrogens is 2. The van der Waals surface area contributed by atoms with E-state index in [1.54, 1.807) is 19.2 Å². The van der Waals surface area contributed by atoms with Gasteiger partial charge < -0.3 is 10.1 Å². The van der Waals surface area contributed by atoms with E-state index in [4.69, 9.17) is 4.74 Å². The van der Waals surface area contributed by atoms with Crippen molar-refractivity contribution in [3.63, 3.8) is 0 Å². The number of carbonyl (C=O) groups is 1. The van der Waals surface area contributed by atoms with Crippen LogP contribution in [0.15, 0.2) is 46.9 Å². The van der Waals surface area contributed by atoms with Gasteiger partial charge in [-0.2, -0.15) is 5.10 Å². The van der Waals surface area contributed by atoms with Crippen molar-refractivity contribution in [2.75, 3.05) is 12.4 Å². The zero-order valence-electron chi connectivity index (χ0n) is 11.2. The Morgan fingerprint density at radius 1 is 1.29 bits per heavy atom. The van der Waals surface area contributed by atoms with Gasteiger partial charge in [0.15, 0.2) is 5.69 Å². The number of nitrogens with zero attached hydrogens (tertiary/aromatic N) is 1. The number of H-pyrrole nitrogens is 1. The van der Waals surface area contributed by atoms with E-state index in [1.807, 2.05) is 30.3 Å². The number of para-hydroxylation sites is 1. The molecule has 0 saturated carbocycles. The van der Waals surface area contributed by atoms with Crippen LogP contribution in [-0.2, 0) is 0 Å². The van der Waals surface area contributed by atoms with Gasteiger partial charge in [-0.25, -0.2) is 0 Å². The number of ether oxygens (including phenoxy) is 1. The highest BCUT2D eigenvalue weighted by atomic mass is 79.9. The van der Waals surface area contributed by atoms with Crippen molar-refractivity contribution in [1.29, 1.82) is 0 Å². The summed E-state index contributed by atoms with van der Waals surface area (Å²) in [5.74, 6) is 0.301. The fourth-order valence-corrected chi connectivity index (χ4v) is 2.46. The fraction of sp³-hybridized carbons (Fsp3) is 0.0667. The number of anilines is 1. The minimum absolute atomic E-state index is 0.288. The molecule has 0 unspecified atom stereocenters. The second-order valence-corrected chi connectivity index (χ2v) is 5.33. The normalized spacial score (nSPS) is 10.6. The molecule has 106 valence electrons. The first-order valence-corrected chi connectivity index (χ1v) is 7.06. The van der Waals surface area contributed by atoms with Crippen molar-refractivity contribution < 1.29 is 9.53 Å². The minimum atomic E-state index is -0.288. The number of halogens is 1. The minimum Gasteiger partial charge on any atom is -0.495 e. The van der Waals surface area contributed by atoms with Crippen molar-refractivity contribution >= 4 is 38.4 Å². The van der Waals surface area contributed by atoms with Crippen LogP contribution < -0.4 is 10.1 Å². The number of amides is 1. The van der Waals surface area contributed by atoms with Gasteiger partial charge in [0.25, 0.3) is 5.91 Å². The lowest BCUT2D eigenvalue weighted by Crippen LogP contribution is -2.13. The third-order valence-electron chi connectivity index (χ3n) is 3.10. The Hall–Kier alpha value is -2.34. The highest BCUT2D eigenvalue weighted by Gasteiger charge is 2.15. The predicted octanol–water partition coefficient (Wildman–Crippen LogP) is 3.59. The zero-order valence-corrected chi connectivity index (χ0v) is 12.8. The molecule has 0 atom stereocenters. The third-order valence-corrected chi connectivity index (χ3v) is 3.59. The number of aromatic amines is 1. The van der Waals surface area contributed by atoms with E-state index in [0.29, 0.717) is 17.1 Å². The highest BCUT2D eigenvalue weighted by molar-refractivity contribution is 9.10. The van der Waals surface area contributed by atoms with E-state index in [-0.39, 0.29) is 5.91 Å². The molecular formula is C15H12BrN3O2. The van der Waals surface area contributed by atoms with E-state index in [1.165, 1.54) is 0 Å². The SMILES string of the molecule is COc1ccc(Br)cc1NC(=O)c1n[nH]c2ccccc12. The molecule has 0 saturated heterocycles. The Morgan fingerprint density at radius 2 is 2.10 bits per heavy atom. The summed E-state index contributed by atoms with van der Waals surface area (Å²) in [4.78, 5) is 12.4. The van der Waals surface area contributed by atoms with Crippen LogP contribution in [0.1, 0.15) is 10.5 Å². The summed E-state index contributed by atoms with van der Waals surface area (Å²) >= 11 is 3.38. The van der Waals surface area contributed by atoms with Gasteiger partial charge in [0.1, 0.15) is 5.75 Å². The molecule has 0 bridgehead atoms. The third kappa shape index (κ3) is 2.62. The molecule has 1 aromatic heterocycles. The van der Waals surface area contributed by atoms with E-state index in [0.717, 1.165) is 15.4 Å². The Balaban J connectivity index is 1.95. The Morgan fingerprint density at radius 3 is 2.90 bits per heavy atom. The molecule has 3 rings (SSSR count). The molecule has 1 amide bonds. The number of hydrogen-bond donors (Lipinski definition) is 2. The van der Waals surface area contributed by atoms with Crippen molar-refractivity contribution in [3.8, 4) is 5.75 Å². The van der Waals surface area contributed by atoms with Gasteiger partial charge in [-0.3, -0.25) is 9.89 Å². The van der Waals surface area contributed by atoms with Gasteiger partial charge in [0.2, 0.25) is 0 Å². The lowest BCUT2D eigenvalue weighted by Gasteiger charge is -2.09. The standard InChI is InChI=1S/C15H12BrN3O2/c1-21-13-7-6-9(16)8-12(13)17-15(20)14-10-4-2-3-5-11(10)18-19-14/h2-8H,1H3,(H,17,20)(H,18,19). The van der Waals surface area contributed by atoms with Gasteiger partial charge in [0, 0.05) is 9.86 Å². The summed E-state index contributed by atoms with van der Waals surface area (Å²) in [5.41, 5.74) is 1.76. The number of nitrogens with one attached hydrogen (secondary N) is 2. The van der Waals surface area contributed by atoms with Crippen molar-refractivity contribution in [3.05, 3.63) is 52.6 Å². The fourth-order valence-electron chi connectivity index (χ4n) is 2.10. The van der Waals surface area contributed by atoms with Crippen LogP contribution in [0.3, 0.4) is 0 Å². The summed E-state index contributed by atoms with van der Waals surface area (Å²) in [7, 11) is 1.56. The molecule has 5 nitrogen and oxygen atoms in total. The Kier molecular flexibility index (Phi) is 3.62. The van der Waals surface area contributed by atoms with Gasteiger partial charge in [0.05, 0.1) is 18.3 Å². The first-order chi connectivity index (χ1) is 10.2. The Labute approximate surface area is 129 Å². The maximum atomic E-state index is 12.4. The van der Waals surface area contributed by atoms with Gasteiger partial charge in [-0.15, -0.1) is 0 Å². The number of carbonyl (C=O) groups excluding carboxylic acids is 1. The summed E-state index contributed by atoms with van der Waals surface area (Å²) < 4.78 is 6.09. The molecule has 0 radical (unpaired) electrons. The molecule has 0 aliphatic rings. The van der Waals surface area contributed by atoms with Crippen LogP contribution >= 0.6 is 15.9 Å². The monoisotopic (exact) mass is 345 g/mol. The molecule has 2 aromatic carbocycles. The molecule has 0 aliphatic heterocycles. The summed E-state index contributed by atoms with van der Waals surface area (Å²) in [6, 6.07) is 12.9. The number of benzene rings is 2. The number of hydrogen-bond acceptors (Lipinski definition) is 3. The molecule has 0 aliphatic carbocycles. The number of fused-ring (bicyclic) bond motifs is 1. The lowest BCUT2D eigenvalue weighted by atomic mass is 10.2. The topological polar surface area (TPSA) is 67.0 Å². The maximum absolute atomic E-state index is 12.4. The van der Waals surface area contributed by atoms with E-state index in [2.05, 4.69) is 31.4 Å². The average molecular weight is 346 g/mol. The first kappa shape index (κ1) is 13.6. The van der Waals surface area contributed by atoms with Crippen LogP contribution in [0.5, 0.6) is 5.75 Å². The Bertz CT molecular complexity index is 814. The summed E-state index contributed by atoms with van der Waals surface area (Å²) in [5, 5.41) is 10.5. The summed E-state index contributed by atoms with van der Waals surface area (Å²) in [6.45, 7) is 0. The number of methoxy groups -OCH3 is 1. The highest BCUT2D eigenvalue weighted by Crippen LogP contribution is 2.28.